The molecule has 0 aromatic rings. The van der Waals surface area contributed by atoms with Gasteiger partial charge < -0.3 is 5.21 Å². The van der Waals surface area contributed by atoms with E-state index in [0.717, 1.165) is 18.1 Å². The molecule has 2 rings (SSSR count). The van der Waals surface area contributed by atoms with Crippen LogP contribution in [0.2, 0.25) is 0 Å². The van der Waals surface area contributed by atoms with Crippen molar-refractivity contribution in [3.63, 3.8) is 0 Å². The molecule has 74 valence electrons. The molecular weight excluding hydrogens is 162 g/mol. The van der Waals surface area contributed by atoms with Gasteiger partial charge in [-0.2, -0.15) is 0 Å². The van der Waals surface area contributed by atoms with Gasteiger partial charge in [-0.15, -0.1) is 0 Å². The fourth-order valence-electron chi connectivity index (χ4n) is 3.36. The number of nitrogens with zero attached hydrogens (tertiary/aromatic N) is 1. The van der Waals surface area contributed by atoms with Crippen molar-refractivity contribution in [2.24, 2.45) is 21.9 Å². The first-order valence-electron chi connectivity index (χ1n) is 5.24. The zero-order valence-corrected chi connectivity index (χ0v) is 8.80. The molecule has 0 unspecified atom stereocenters. The average Bonchev–Trinajstić information content (AvgIpc) is 2.24. The summed E-state index contributed by atoms with van der Waals surface area (Å²) in [6.07, 6.45) is 4.72. The monoisotopic (exact) mass is 181 g/mol. The second-order valence-electron chi connectivity index (χ2n) is 5.37. The third kappa shape index (κ3) is 0.918. The average molecular weight is 181 g/mol. The number of oxime groups is 1. The lowest BCUT2D eigenvalue weighted by molar-refractivity contribution is 0.120. The van der Waals surface area contributed by atoms with Crippen molar-refractivity contribution >= 4 is 5.71 Å². The Balaban J connectivity index is 2.44. The van der Waals surface area contributed by atoms with Crippen molar-refractivity contribution in [2.45, 2.75) is 46.5 Å². The molecule has 0 aliphatic heterocycles. The van der Waals surface area contributed by atoms with Gasteiger partial charge in [0.25, 0.3) is 0 Å². The van der Waals surface area contributed by atoms with E-state index in [9.17, 15) is 0 Å². The molecule has 0 amide bonds. The lowest BCUT2D eigenvalue weighted by atomic mass is 9.58. The van der Waals surface area contributed by atoms with E-state index < -0.39 is 0 Å². The first-order chi connectivity index (χ1) is 6.02. The van der Waals surface area contributed by atoms with Crippen LogP contribution in [-0.2, 0) is 0 Å². The minimum absolute atomic E-state index is 0.157. The minimum atomic E-state index is 0.157. The minimum Gasteiger partial charge on any atom is -0.411 e. The number of hydrogen-bond donors (Lipinski definition) is 1. The maximum atomic E-state index is 9.00. The van der Waals surface area contributed by atoms with E-state index in [1.54, 1.807) is 0 Å². The Hall–Kier alpha value is -0.530. The SMILES string of the molecule is CC1(C)[C@@H]2CC/C(=N/O)[C@@]1(C)CC2. The summed E-state index contributed by atoms with van der Waals surface area (Å²) in [6.45, 7) is 6.92. The molecular formula is C11H19NO. The number of fused-ring (bicyclic) bond motifs is 2. The second-order valence-corrected chi connectivity index (χ2v) is 5.37. The lowest BCUT2D eigenvalue weighted by Crippen LogP contribution is -2.44. The standard InChI is InChI=1S/C11H19NO/c1-10(2)8-4-5-9(12-13)11(10,3)7-6-8/h8,13H,4-7H2,1-3H3/b12-9-/t8-,11-/m1/s1. The Morgan fingerprint density at radius 3 is 2.62 bits per heavy atom. The zero-order valence-electron chi connectivity index (χ0n) is 8.80. The van der Waals surface area contributed by atoms with Crippen molar-refractivity contribution < 1.29 is 5.21 Å². The highest BCUT2D eigenvalue weighted by Gasteiger charge is 2.56. The van der Waals surface area contributed by atoms with Gasteiger partial charge in [0, 0.05) is 5.41 Å². The van der Waals surface area contributed by atoms with Crippen LogP contribution in [-0.4, -0.2) is 10.9 Å². The Bertz CT molecular complexity index is 257. The van der Waals surface area contributed by atoms with Gasteiger partial charge in [-0.1, -0.05) is 25.9 Å². The normalized spacial score (nSPS) is 45.5. The van der Waals surface area contributed by atoms with Gasteiger partial charge in [0.05, 0.1) is 5.71 Å². The summed E-state index contributed by atoms with van der Waals surface area (Å²) in [5.74, 6) is 0.836. The van der Waals surface area contributed by atoms with Crippen molar-refractivity contribution in [2.75, 3.05) is 0 Å². The first kappa shape index (κ1) is 9.04. The van der Waals surface area contributed by atoms with E-state index in [1.165, 1.54) is 19.3 Å². The summed E-state index contributed by atoms with van der Waals surface area (Å²) < 4.78 is 0. The molecule has 0 saturated heterocycles. The maximum absolute atomic E-state index is 9.00. The molecule has 2 nitrogen and oxygen atoms in total. The van der Waals surface area contributed by atoms with Crippen molar-refractivity contribution in [3.8, 4) is 0 Å². The molecule has 0 aromatic carbocycles. The van der Waals surface area contributed by atoms with Gasteiger partial charge in [0.15, 0.2) is 0 Å². The van der Waals surface area contributed by atoms with Gasteiger partial charge in [0.2, 0.25) is 0 Å². The summed E-state index contributed by atoms with van der Waals surface area (Å²) >= 11 is 0. The Labute approximate surface area is 80.0 Å². The van der Waals surface area contributed by atoms with Gasteiger partial charge >= 0.3 is 0 Å². The third-order valence-corrected chi connectivity index (χ3v) is 4.92. The maximum Gasteiger partial charge on any atom is 0.0635 e. The number of hydrogen-bond acceptors (Lipinski definition) is 2. The van der Waals surface area contributed by atoms with Crippen molar-refractivity contribution in [3.05, 3.63) is 0 Å². The van der Waals surface area contributed by atoms with Crippen LogP contribution < -0.4 is 0 Å². The molecule has 2 atom stereocenters. The van der Waals surface area contributed by atoms with Crippen LogP contribution in [0.5, 0.6) is 0 Å². The van der Waals surface area contributed by atoms with Crippen LogP contribution in [0.1, 0.15) is 46.5 Å². The molecule has 2 bridgehead atoms. The third-order valence-electron chi connectivity index (χ3n) is 4.92. The Morgan fingerprint density at radius 2 is 2.00 bits per heavy atom. The molecule has 0 heterocycles. The van der Waals surface area contributed by atoms with E-state index in [2.05, 4.69) is 25.9 Å². The second kappa shape index (κ2) is 2.49. The molecule has 2 fully saturated rings. The quantitative estimate of drug-likeness (QED) is 0.452. The summed E-state index contributed by atoms with van der Waals surface area (Å²) in [5, 5.41) is 12.5. The molecule has 13 heavy (non-hydrogen) atoms. The smallest absolute Gasteiger partial charge is 0.0635 e. The van der Waals surface area contributed by atoms with E-state index in [0.29, 0.717) is 5.41 Å². The van der Waals surface area contributed by atoms with Crippen LogP contribution in [0.3, 0.4) is 0 Å². The summed E-state index contributed by atoms with van der Waals surface area (Å²) in [7, 11) is 0. The van der Waals surface area contributed by atoms with Crippen molar-refractivity contribution in [1.29, 1.82) is 0 Å². The fourth-order valence-corrected chi connectivity index (χ4v) is 3.36. The molecule has 1 N–H and O–H groups in total. The van der Waals surface area contributed by atoms with Gasteiger partial charge in [-0.05, 0) is 37.0 Å². The topological polar surface area (TPSA) is 32.6 Å². The predicted octanol–water partition coefficient (Wildman–Crippen LogP) is 3.05. The highest BCUT2D eigenvalue weighted by Crippen LogP contribution is 2.61. The molecule has 2 saturated carbocycles. The summed E-state index contributed by atoms with van der Waals surface area (Å²) in [5.41, 5.74) is 1.52. The van der Waals surface area contributed by atoms with E-state index in [4.69, 9.17) is 5.21 Å². The van der Waals surface area contributed by atoms with Gasteiger partial charge in [-0.25, -0.2) is 0 Å². The molecule has 0 radical (unpaired) electrons. The highest BCUT2D eigenvalue weighted by atomic mass is 16.4. The molecule has 2 aliphatic rings. The van der Waals surface area contributed by atoms with E-state index >= 15 is 0 Å². The van der Waals surface area contributed by atoms with Crippen molar-refractivity contribution in [1.82, 2.24) is 0 Å². The molecule has 2 heteroatoms. The van der Waals surface area contributed by atoms with Crippen LogP contribution in [0.4, 0.5) is 0 Å². The molecule has 0 spiro atoms. The van der Waals surface area contributed by atoms with E-state index in [1.807, 2.05) is 0 Å². The molecule has 2 aliphatic carbocycles. The van der Waals surface area contributed by atoms with Crippen LogP contribution in [0.25, 0.3) is 0 Å². The highest BCUT2D eigenvalue weighted by molar-refractivity contribution is 5.91. The fraction of sp³-hybridized carbons (Fsp3) is 0.909. The van der Waals surface area contributed by atoms with E-state index in [-0.39, 0.29) is 5.41 Å². The Morgan fingerprint density at radius 1 is 1.31 bits per heavy atom. The number of rotatable bonds is 0. The zero-order chi connectivity index (χ0) is 9.69. The Kier molecular flexibility index (Phi) is 1.73. The first-order valence-corrected chi connectivity index (χ1v) is 5.24. The lowest BCUT2D eigenvalue weighted by Gasteiger charge is -2.46. The largest absolute Gasteiger partial charge is 0.411 e. The van der Waals surface area contributed by atoms with Gasteiger partial charge in [-0.3, -0.25) is 0 Å². The summed E-state index contributed by atoms with van der Waals surface area (Å²) in [6, 6.07) is 0. The molecule has 0 aromatic heterocycles. The predicted molar refractivity (Wildman–Crippen MR) is 53.1 cm³/mol. The van der Waals surface area contributed by atoms with Crippen LogP contribution in [0, 0.1) is 16.7 Å². The van der Waals surface area contributed by atoms with Gasteiger partial charge in [0.1, 0.15) is 0 Å². The van der Waals surface area contributed by atoms with Crippen LogP contribution in [0.15, 0.2) is 5.16 Å². The summed E-state index contributed by atoms with van der Waals surface area (Å²) in [4.78, 5) is 0. The van der Waals surface area contributed by atoms with Crippen LogP contribution >= 0.6 is 0 Å².